The maximum absolute atomic E-state index is 13.3. The van der Waals surface area contributed by atoms with Gasteiger partial charge in [0.05, 0.1) is 4.90 Å². The third-order valence-corrected chi connectivity index (χ3v) is 9.76. The van der Waals surface area contributed by atoms with Crippen LogP contribution in [0.5, 0.6) is 0 Å². The molecule has 2 aliphatic rings. The minimum Gasteiger partial charge on any atom is -0.459 e. The monoisotopic (exact) mass is 626 g/mol. The van der Waals surface area contributed by atoms with Crippen LogP contribution in [0.2, 0.25) is 0 Å². The molecular formula is C34H50N4O5S. The van der Waals surface area contributed by atoms with E-state index in [0.29, 0.717) is 13.0 Å². The average molecular weight is 627 g/mol. The van der Waals surface area contributed by atoms with E-state index < -0.39 is 15.4 Å². The Labute approximate surface area is 263 Å². The predicted octanol–water partition coefficient (Wildman–Crippen LogP) is 4.22. The molecule has 2 aromatic rings. The van der Waals surface area contributed by atoms with E-state index in [1.807, 2.05) is 38.7 Å². The van der Waals surface area contributed by atoms with Crippen molar-refractivity contribution in [3.8, 4) is 0 Å². The first-order chi connectivity index (χ1) is 20.8. The number of nitrogens with zero attached hydrogens (tertiary/aromatic N) is 3. The highest BCUT2D eigenvalue weighted by molar-refractivity contribution is 7.90. The molecule has 10 heteroatoms. The van der Waals surface area contributed by atoms with Gasteiger partial charge in [-0.3, -0.25) is 14.5 Å². The standard InChI is InChI=1S/C34H50N4O5S/c1-7-26-23-29(44(6,41)42)13-14-31(26)38(25(2)39)28-15-19-36(20-16-28)21-17-30(27-11-9-8-10-12-27)37-22-18-35-24-32(37)33(40)43-34(3,4)5/h8-14,23,28,30,32,35H,7,15-22,24H2,1-6H3. The molecule has 0 spiro atoms. The number of benzene rings is 2. The van der Waals surface area contributed by atoms with Crippen molar-refractivity contribution >= 4 is 27.4 Å². The number of amides is 1. The van der Waals surface area contributed by atoms with Gasteiger partial charge in [0.2, 0.25) is 5.91 Å². The van der Waals surface area contributed by atoms with Crippen molar-refractivity contribution in [2.24, 2.45) is 0 Å². The molecule has 0 saturated carbocycles. The van der Waals surface area contributed by atoms with Gasteiger partial charge in [0, 0.05) is 63.7 Å². The van der Waals surface area contributed by atoms with Crippen LogP contribution in [0.1, 0.15) is 71.0 Å². The third kappa shape index (κ3) is 8.68. The number of piperidine rings is 1. The maximum Gasteiger partial charge on any atom is 0.325 e. The van der Waals surface area contributed by atoms with Crippen molar-refractivity contribution in [1.29, 1.82) is 0 Å². The lowest BCUT2D eigenvalue weighted by molar-refractivity contribution is -0.163. The lowest BCUT2D eigenvalue weighted by Gasteiger charge is -2.43. The van der Waals surface area contributed by atoms with E-state index >= 15 is 0 Å². The van der Waals surface area contributed by atoms with Gasteiger partial charge >= 0.3 is 5.97 Å². The maximum atomic E-state index is 13.3. The summed E-state index contributed by atoms with van der Waals surface area (Å²) in [4.78, 5) is 33.1. The summed E-state index contributed by atoms with van der Waals surface area (Å²) in [7, 11) is -3.33. The molecule has 2 saturated heterocycles. The molecule has 0 bridgehead atoms. The first kappa shape index (κ1) is 34.1. The highest BCUT2D eigenvalue weighted by Gasteiger charge is 2.37. The second-order valence-electron chi connectivity index (χ2n) is 13.1. The number of carbonyl (C=O) groups excluding carboxylic acids is 2. The minimum absolute atomic E-state index is 0.0266. The number of piperazine rings is 1. The largest absolute Gasteiger partial charge is 0.459 e. The van der Waals surface area contributed by atoms with Gasteiger partial charge in [-0.15, -0.1) is 0 Å². The van der Waals surface area contributed by atoms with Gasteiger partial charge in [-0.1, -0.05) is 37.3 Å². The Hall–Kier alpha value is -2.79. The summed E-state index contributed by atoms with van der Waals surface area (Å²) in [5.74, 6) is -0.215. The number of hydrogen-bond acceptors (Lipinski definition) is 8. The molecule has 9 nitrogen and oxygen atoms in total. The molecule has 2 fully saturated rings. The number of ether oxygens (including phenoxy) is 1. The van der Waals surface area contributed by atoms with Gasteiger partial charge in [-0.05, 0) is 82.3 Å². The number of nitrogens with one attached hydrogen (secondary N) is 1. The van der Waals surface area contributed by atoms with E-state index in [0.717, 1.165) is 63.2 Å². The molecule has 0 aromatic heterocycles. The van der Waals surface area contributed by atoms with Crippen molar-refractivity contribution in [2.75, 3.05) is 50.4 Å². The summed E-state index contributed by atoms with van der Waals surface area (Å²) in [6, 6.07) is 15.3. The number of anilines is 1. The van der Waals surface area contributed by atoms with Crippen LogP contribution in [-0.4, -0.2) is 93.3 Å². The third-order valence-electron chi connectivity index (χ3n) is 8.65. The van der Waals surface area contributed by atoms with Crippen LogP contribution in [0.4, 0.5) is 5.69 Å². The highest BCUT2D eigenvalue weighted by Crippen LogP contribution is 2.32. The zero-order chi connectivity index (χ0) is 32.1. The van der Waals surface area contributed by atoms with Crippen molar-refractivity contribution in [1.82, 2.24) is 15.1 Å². The van der Waals surface area contributed by atoms with E-state index in [4.69, 9.17) is 4.74 Å². The van der Waals surface area contributed by atoms with Gasteiger partial charge in [-0.2, -0.15) is 0 Å². The van der Waals surface area contributed by atoms with Gasteiger partial charge in [0.25, 0.3) is 0 Å². The van der Waals surface area contributed by atoms with Crippen LogP contribution in [0, 0.1) is 0 Å². The number of carbonyl (C=O) groups is 2. The van der Waals surface area contributed by atoms with Gasteiger partial charge in [-0.25, -0.2) is 8.42 Å². The molecular weight excluding hydrogens is 576 g/mol. The van der Waals surface area contributed by atoms with Crippen molar-refractivity contribution in [3.05, 3.63) is 59.7 Å². The fourth-order valence-corrected chi connectivity index (χ4v) is 7.19. The molecule has 2 unspecified atom stereocenters. The topological polar surface area (TPSA) is 99.3 Å². The zero-order valence-electron chi connectivity index (χ0n) is 27.2. The molecule has 1 amide bonds. The molecule has 2 aromatic carbocycles. The Balaban J connectivity index is 1.46. The van der Waals surface area contributed by atoms with E-state index in [9.17, 15) is 18.0 Å². The average Bonchev–Trinajstić information content (AvgIpc) is 2.97. The van der Waals surface area contributed by atoms with Crippen LogP contribution in [0.25, 0.3) is 0 Å². The van der Waals surface area contributed by atoms with Crippen LogP contribution in [-0.2, 0) is 30.6 Å². The number of aryl methyl sites for hydroxylation is 1. The van der Waals surface area contributed by atoms with E-state index in [1.54, 1.807) is 25.1 Å². The Morgan fingerprint density at radius 2 is 1.75 bits per heavy atom. The Bertz CT molecular complexity index is 1380. The Morgan fingerprint density at radius 3 is 2.34 bits per heavy atom. The summed E-state index contributed by atoms with van der Waals surface area (Å²) in [6.07, 6.45) is 4.39. The molecule has 44 heavy (non-hydrogen) atoms. The normalized spacial score (nSPS) is 19.8. The first-order valence-electron chi connectivity index (χ1n) is 15.9. The number of likely N-dealkylation sites (tertiary alicyclic amines) is 1. The number of hydrogen-bond donors (Lipinski definition) is 1. The summed E-state index contributed by atoms with van der Waals surface area (Å²) < 4.78 is 30.1. The zero-order valence-corrected chi connectivity index (χ0v) is 28.0. The molecule has 4 rings (SSSR count). The molecule has 1 N–H and O–H groups in total. The van der Waals surface area contributed by atoms with Crippen molar-refractivity contribution in [2.45, 2.75) is 88.9 Å². The first-order valence-corrected chi connectivity index (χ1v) is 17.8. The van der Waals surface area contributed by atoms with Gasteiger partial charge in [0.15, 0.2) is 9.84 Å². The number of esters is 1. The second-order valence-corrected chi connectivity index (χ2v) is 15.1. The van der Waals surface area contributed by atoms with Crippen LogP contribution >= 0.6 is 0 Å². The molecule has 0 radical (unpaired) electrons. The quantitative estimate of drug-likeness (QED) is 0.392. The number of sulfone groups is 1. The van der Waals surface area contributed by atoms with Crippen LogP contribution in [0.3, 0.4) is 0 Å². The second kappa shape index (κ2) is 14.5. The van der Waals surface area contributed by atoms with Crippen LogP contribution in [0.15, 0.2) is 53.4 Å². The molecule has 0 aliphatic carbocycles. The fourth-order valence-electron chi connectivity index (χ4n) is 6.52. The Kier molecular flexibility index (Phi) is 11.3. The summed E-state index contributed by atoms with van der Waals surface area (Å²) in [6.45, 7) is 14.0. The van der Waals surface area contributed by atoms with Crippen LogP contribution < -0.4 is 10.2 Å². The summed E-state index contributed by atoms with van der Waals surface area (Å²) >= 11 is 0. The lowest BCUT2D eigenvalue weighted by atomic mass is 9.96. The highest BCUT2D eigenvalue weighted by atomic mass is 32.2. The van der Waals surface area contributed by atoms with Gasteiger partial charge in [0.1, 0.15) is 11.6 Å². The Morgan fingerprint density at radius 1 is 1.07 bits per heavy atom. The van der Waals surface area contributed by atoms with Gasteiger partial charge < -0.3 is 19.9 Å². The van der Waals surface area contributed by atoms with Crippen molar-refractivity contribution in [3.63, 3.8) is 0 Å². The summed E-state index contributed by atoms with van der Waals surface area (Å²) in [5, 5.41) is 3.38. The van der Waals surface area contributed by atoms with E-state index in [1.165, 1.54) is 11.8 Å². The predicted molar refractivity (Wildman–Crippen MR) is 175 cm³/mol. The number of rotatable bonds is 10. The SMILES string of the molecule is CCc1cc(S(C)(=O)=O)ccc1N(C(C)=O)C1CCN(CCC(c2ccccc2)N2CCNCC2C(=O)OC(C)(C)C)CC1. The lowest BCUT2D eigenvalue weighted by Crippen LogP contribution is -2.57. The van der Waals surface area contributed by atoms with Crippen molar-refractivity contribution < 1.29 is 22.7 Å². The smallest absolute Gasteiger partial charge is 0.325 e. The van der Waals surface area contributed by atoms with E-state index in [2.05, 4.69) is 39.4 Å². The molecule has 2 aliphatic heterocycles. The minimum atomic E-state index is -3.33. The van der Waals surface area contributed by atoms with E-state index in [-0.39, 0.29) is 34.9 Å². The molecule has 242 valence electrons. The molecule has 2 atom stereocenters. The fraction of sp³-hybridized carbons (Fsp3) is 0.588. The summed E-state index contributed by atoms with van der Waals surface area (Å²) in [5.41, 5.74) is 2.33. The molecule has 2 heterocycles.